The predicted octanol–water partition coefficient (Wildman–Crippen LogP) is 2.60. The number of carbonyl (C=O) groups excluding carboxylic acids is 5. The third kappa shape index (κ3) is 4.66. The van der Waals surface area contributed by atoms with Gasteiger partial charge in [0.15, 0.2) is 0 Å². The minimum atomic E-state index is -0.669. The zero-order valence-electron chi connectivity index (χ0n) is 20.2. The maximum atomic E-state index is 13.1. The standard InChI is InChI=1S/C26H27N3O6/c1-16(30)35-19-7-5-6-17(14-19)22(31)27-10-12-28(13-11-27)23(32)18-8-9-20-21(15-18)25(34)29(24(20)33)26(2,3)4/h5-9,14-15H,10-13H2,1-4H3. The van der Waals surface area contributed by atoms with Crippen molar-refractivity contribution in [1.82, 2.24) is 14.7 Å². The maximum absolute atomic E-state index is 13.1. The largest absolute Gasteiger partial charge is 0.427 e. The lowest BCUT2D eigenvalue weighted by atomic mass is 10.0. The highest BCUT2D eigenvalue weighted by Crippen LogP contribution is 2.30. The van der Waals surface area contributed by atoms with Crippen molar-refractivity contribution in [3.63, 3.8) is 0 Å². The van der Waals surface area contributed by atoms with Gasteiger partial charge in [-0.25, -0.2) is 0 Å². The number of fused-ring (bicyclic) bond motifs is 1. The molecule has 0 aliphatic carbocycles. The average Bonchev–Trinajstić information content (AvgIpc) is 3.07. The molecule has 4 rings (SSSR count). The van der Waals surface area contributed by atoms with Gasteiger partial charge in [-0.3, -0.25) is 28.9 Å². The summed E-state index contributed by atoms with van der Waals surface area (Å²) in [5.41, 5.74) is 0.589. The lowest BCUT2D eigenvalue weighted by Gasteiger charge is -2.35. The van der Waals surface area contributed by atoms with Gasteiger partial charge in [-0.1, -0.05) is 6.07 Å². The molecular weight excluding hydrogens is 450 g/mol. The van der Waals surface area contributed by atoms with Crippen LogP contribution >= 0.6 is 0 Å². The number of rotatable bonds is 3. The van der Waals surface area contributed by atoms with E-state index in [0.29, 0.717) is 48.6 Å². The SMILES string of the molecule is CC(=O)Oc1cccc(C(=O)N2CCN(C(=O)c3ccc4c(c3)C(=O)N(C(C)(C)C)C4=O)CC2)c1. The third-order valence-corrected chi connectivity index (χ3v) is 6.00. The first-order valence-corrected chi connectivity index (χ1v) is 11.4. The second kappa shape index (κ2) is 8.98. The van der Waals surface area contributed by atoms with Gasteiger partial charge in [0.2, 0.25) is 0 Å². The topological polar surface area (TPSA) is 104 Å². The van der Waals surface area contributed by atoms with Gasteiger partial charge in [0.05, 0.1) is 11.1 Å². The molecule has 9 nitrogen and oxygen atoms in total. The van der Waals surface area contributed by atoms with Crippen LogP contribution < -0.4 is 4.74 Å². The number of amides is 4. The van der Waals surface area contributed by atoms with Crippen LogP contribution in [-0.2, 0) is 4.79 Å². The fourth-order valence-corrected chi connectivity index (χ4v) is 4.32. The van der Waals surface area contributed by atoms with E-state index in [-0.39, 0.29) is 23.3 Å². The van der Waals surface area contributed by atoms with E-state index in [1.807, 2.05) is 0 Å². The van der Waals surface area contributed by atoms with Crippen LogP contribution in [0.25, 0.3) is 0 Å². The van der Waals surface area contributed by atoms with Crippen molar-refractivity contribution in [2.45, 2.75) is 33.2 Å². The Balaban J connectivity index is 1.43. The minimum absolute atomic E-state index is 0.213. The Bertz CT molecular complexity index is 1240. The smallest absolute Gasteiger partial charge is 0.308 e. The van der Waals surface area contributed by atoms with Gasteiger partial charge in [0.25, 0.3) is 23.6 Å². The van der Waals surface area contributed by atoms with E-state index in [2.05, 4.69) is 0 Å². The van der Waals surface area contributed by atoms with Crippen molar-refractivity contribution in [2.75, 3.05) is 26.2 Å². The lowest BCUT2D eigenvalue weighted by molar-refractivity contribution is -0.131. The Labute approximate surface area is 203 Å². The van der Waals surface area contributed by atoms with Gasteiger partial charge < -0.3 is 14.5 Å². The van der Waals surface area contributed by atoms with E-state index >= 15 is 0 Å². The number of piperazine rings is 1. The molecule has 182 valence electrons. The van der Waals surface area contributed by atoms with E-state index in [9.17, 15) is 24.0 Å². The Kier molecular flexibility index (Phi) is 6.19. The molecule has 2 aromatic carbocycles. The summed E-state index contributed by atoms with van der Waals surface area (Å²) in [5.74, 6) is -1.40. The second-order valence-electron chi connectivity index (χ2n) is 9.58. The molecular formula is C26H27N3O6. The maximum Gasteiger partial charge on any atom is 0.308 e. The van der Waals surface area contributed by atoms with Crippen LogP contribution in [0.3, 0.4) is 0 Å². The Morgan fingerprint density at radius 1 is 0.771 bits per heavy atom. The molecule has 2 aliphatic rings. The van der Waals surface area contributed by atoms with E-state index < -0.39 is 17.4 Å². The summed E-state index contributed by atoms with van der Waals surface area (Å²) >= 11 is 0. The molecule has 0 aromatic heterocycles. The average molecular weight is 478 g/mol. The number of imide groups is 1. The van der Waals surface area contributed by atoms with Crippen LogP contribution in [0, 0.1) is 0 Å². The number of carbonyl (C=O) groups is 5. The summed E-state index contributed by atoms with van der Waals surface area (Å²) in [7, 11) is 0. The van der Waals surface area contributed by atoms with Gasteiger partial charge in [-0.15, -0.1) is 0 Å². The number of hydrogen-bond donors (Lipinski definition) is 0. The minimum Gasteiger partial charge on any atom is -0.427 e. The van der Waals surface area contributed by atoms with Crippen molar-refractivity contribution in [3.05, 3.63) is 64.7 Å². The highest BCUT2D eigenvalue weighted by molar-refractivity contribution is 6.22. The number of esters is 1. The molecule has 0 atom stereocenters. The van der Waals surface area contributed by atoms with Crippen LogP contribution in [0.4, 0.5) is 0 Å². The molecule has 0 spiro atoms. The first kappa shape index (κ1) is 24.1. The van der Waals surface area contributed by atoms with Gasteiger partial charge in [-0.05, 0) is 57.2 Å². The Morgan fingerprint density at radius 3 is 1.86 bits per heavy atom. The van der Waals surface area contributed by atoms with Crippen LogP contribution in [0.5, 0.6) is 5.75 Å². The fourth-order valence-electron chi connectivity index (χ4n) is 4.32. The van der Waals surface area contributed by atoms with Crippen molar-refractivity contribution in [3.8, 4) is 5.75 Å². The summed E-state index contributed by atoms with van der Waals surface area (Å²) < 4.78 is 5.05. The number of hydrogen-bond acceptors (Lipinski definition) is 6. The van der Waals surface area contributed by atoms with E-state index in [1.165, 1.54) is 30.0 Å². The van der Waals surface area contributed by atoms with Crippen LogP contribution in [0.2, 0.25) is 0 Å². The molecule has 0 saturated carbocycles. The van der Waals surface area contributed by atoms with Gasteiger partial charge >= 0.3 is 5.97 Å². The summed E-state index contributed by atoms with van der Waals surface area (Å²) in [5, 5.41) is 0. The highest BCUT2D eigenvalue weighted by atomic mass is 16.5. The highest BCUT2D eigenvalue weighted by Gasteiger charge is 2.42. The molecule has 0 unspecified atom stereocenters. The first-order chi connectivity index (χ1) is 16.5. The number of ether oxygens (including phenoxy) is 1. The first-order valence-electron chi connectivity index (χ1n) is 11.4. The van der Waals surface area contributed by atoms with E-state index in [1.54, 1.807) is 54.8 Å². The van der Waals surface area contributed by atoms with Crippen molar-refractivity contribution in [1.29, 1.82) is 0 Å². The van der Waals surface area contributed by atoms with Crippen LogP contribution in [0.15, 0.2) is 42.5 Å². The molecule has 1 fully saturated rings. The van der Waals surface area contributed by atoms with Gasteiger partial charge in [0, 0.05) is 49.8 Å². The second-order valence-corrected chi connectivity index (χ2v) is 9.58. The van der Waals surface area contributed by atoms with Crippen LogP contribution in [-0.4, -0.2) is 76.0 Å². The molecule has 2 aliphatic heterocycles. The summed E-state index contributed by atoms with van der Waals surface area (Å²) in [6.45, 7) is 7.97. The molecule has 4 amide bonds. The molecule has 9 heteroatoms. The van der Waals surface area contributed by atoms with Crippen molar-refractivity contribution in [2.24, 2.45) is 0 Å². The third-order valence-electron chi connectivity index (χ3n) is 6.00. The zero-order valence-corrected chi connectivity index (χ0v) is 20.2. The zero-order chi connectivity index (χ0) is 25.5. The van der Waals surface area contributed by atoms with Crippen molar-refractivity contribution >= 4 is 29.6 Å². The molecule has 2 aromatic rings. The summed E-state index contributed by atoms with van der Waals surface area (Å²) in [6.07, 6.45) is 0. The normalized spacial score (nSPS) is 15.8. The van der Waals surface area contributed by atoms with Gasteiger partial charge in [0.1, 0.15) is 5.75 Å². The van der Waals surface area contributed by atoms with E-state index in [0.717, 1.165) is 0 Å². The molecule has 35 heavy (non-hydrogen) atoms. The van der Waals surface area contributed by atoms with Crippen molar-refractivity contribution < 1.29 is 28.7 Å². The molecule has 0 radical (unpaired) electrons. The molecule has 0 bridgehead atoms. The lowest BCUT2D eigenvalue weighted by Crippen LogP contribution is -2.50. The Hall–Kier alpha value is -4.01. The predicted molar refractivity (Wildman–Crippen MR) is 126 cm³/mol. The van der Waals surface area contributed by atoms with Gasteiger partial charge in [-0.2, -0.15) is 0 Å². The Morgan fingerprint density at radius 2 is 1.31 bits per heavy atom. The monoisotopic (exact) mass is 477 g/mol. The quantitative estimate of drug-likeness (QED) is 0.382. The summed E-state index contributed by atoms with van der Waals surface area (Å²) in [6, 6.07) is 11.0. The van der Waals surface area contributed by atoms with E-state index in [4.69, 9.17) is 4.74 Å². The molecule has 0 N–H and O–H groups in total. The fraction of sp³-hybridized carbons (Fsp3) is 0.346. The number of nitrogens with zero attached hydrogens (tertiary/aromatic N) is 3. The summed E-state index contributed by atoms with van der Waals surface area (Å²) in [4.78, 5) is 67.2. The van der Waals surface area contributed by atoms with Crippen LogP contribution in [0.1, 0.15) is 69.1 Å². The number of benzene rings is 2. The molecule has 1 saturated heterocycles. The molecule has 2 heterocycles.